The second-order valence-electron chi connectivity index (χ2n) is 7.41. The van der Waals surface area contributed by atoms with Crippen LogP contribution in [0, 0.1) is 0 Å². The van der Waals surface area contributed by atoms with Gasteiger partial charge in [-0.3, -0.25) is 9.59 Å². The number of hydrogen-bond donors (Lipinski definition) is 3. The van der Waals surface area contributed by atoms with Crippen molar-refractivity contribution in [1.82, 2.24) is 10.6 Å². The van der Waals surface area contributed by atoms with Crippen molar-refractivity contribution >= 4 is 18.0 Å². The first-order valence-electron chi connectivity index (χ1n) is 10.0. The van der Waals surface area contributed by atoms with E-state index in [9.17, 15) is 14.4 Å². The molecule has 1 aliphatic carbocycles. The molecule has 0 aliphatic heterocycles. The summed E-state index contributed by atoms with van der Waals surface area (Å²) in [4.78, 5) is 35.2. The molecule has 2 atom stereocenters. The normalized spacial score (nSPS) is 14.2. The van der Waals surface area contributed by atoms with Crippen molar-refractivity contribution in [3.05, 3.63) is 59.7 Å². The quantitative estimate of drug-likeness (QED) is 0.619. The van der Waals surface area contributed by atoms with Crippen molar-refractivity contribution in [2.45, 2.75) is 44.7 Å². The maximum absolute atomic E-state index is 12.3. The first-order chi connectivity index (χ1) is 14.4. The highest BCUT2D eigenvalue weighted by atomic mass is 16.5. The number of nitrogens with one attached hydrogen (secondary N) is 2. The highest BCUT2D eigenvalue weighted by molar-refractivity contribution is 5.84. The van der Waals surface area contributed by atoms with E-state index >= 15 is 0 Å². The zero-order chi connectivity index (χ0) is 21.7. The zero-order valence-electron chi connectivity index (χ0n) is 17.1. The van der Waals surface area contributed by atoms with Crippen LogP contribution in [0.4, 0.5) is 4.79 Å². The van der Waals surface area contributed by atoms with Gasteiger partial charge in [-0.25, -0.2) is 4.79 Å². The van der Waals surface area contributed by atoms with Gasteiger partial charge in [0.2, 0.25) is 5.91 Å². The van der Waals surface area contributed by atoms with Gasteiger partial charge in [-0.1, -0.05) is 55.5 Å². The molecule has 30 heavy (non-hydrogen) atoms. The van der Waals surface area contributed by atoms with Crippen LogP contribution in [0.5, 0.6) is 0 Å². The maximum atomic E-state index is 12.3. The molecule has 0 heterocycles. The van der Waals surface area contributed by atoms with Crippen molar-refractivity contribution in [3.63, 3.8) is 0 Å². The average Bonchev–Trinajstić information content (AvgIpc) is 3.05. The monoisotopic (exact) mass is 410 g/mol. The molecule has 0 bridgehead atoms. The minimum atomic E-state index is -1.11. The van der Waals surface area contributed by atoms with E-state index in [1.807, 2.05) is 43.3 Å². The van der Waals surface area contributed by atoms with Crippen LogP contribution >= 0.6 is 0 Å². The number of amides is 2. The fourth-order valence-corrected chi connectivity index (χ4v) is 3.69. The van der Waals surface area contributed by atoms with E-state index in [-0.39, 0.29) is 18.9 Å². The lowest BCUT2D eigenvalue weighted by Gasteiger charge is -2.19. The Morgan fingerprint density at radius 2 is 1.57 bits per heavy atom. The summed E-state index contributed by atoms with van der Waals surface area (Å²) in [6.45, 7) is 3.42. The summed E-state index contributed by atoms with van der Waals surface area (Å²) >= 11 is 0. The van der Waals surface area contributed by atoms with Crippen LogP contribution in [-0.4, -0.2) is 41.8 Å². The van der Waals surface area contributed by atoms with Gasteiger partial charge >= 0.3 is 12.1 Å². The third-order valence-corrected chi connectivity index (χ3v) is 5.34. The van der Waals surface area contributed by atoms with Crippen LogP contribution < -0.4 is 10.6 Å². The molecular formula is C23H26N2O5. The number of carboxylic acid groups (broad SMARTS) is 1. The molecule has 7 heteroatoms. The summed E-state index contributed by atoms with van der Waals surface area (Å²) in [5.74, 6) is -1.58. The number of alkyl carbamates (subject to hydrolysis) is 1. The van der Waals surface area contributed by atoms with Crippen LogP contribution in [0.3, 0.4) is 0 Å². The predicted octanol–water partition coefficient (Wildman–Crippen LogP) is 3.28. The Hall–Kier alpha value is -3.35. The van der Waals surface area contributed by atoms with Crippen molar-refractivity contribution in [2.24, 2.45) is 0 Å². The van der Waals surface area contributed by atoms with Gasteiger partial charge in [-0.2, -0.15) is 0 Å². The molecule has 3 rings (SSSR count). The lowest BCUT2D eigenvalue weighted by atomic mass is 9.98. The van der Waals surface area contributed by atoms with Gasteiger partial charge in [0.05, 0.1) is 0 Å². The van der Waals surface area contributed by atoms with E-state index in [4.69, 9.17) is 9.84 Å². The maximum Gasteiger partial charge on any atom is 0.407 e. The van der Waals surface area contributed by atoms with E-state index in [1.165, 1.54) is 6.92 Å². The third-order valence-electron chi connectivity index (χ3n) is 5.34. The first kappa shape index (κ1) is 21.4. The summed E-state index contributed by atoms with van der Waals surface area (Å²) in [7, 11) is 0. The van der Waals surface area contributed by atoms with Gasteiger partial charge in [-0.05, 0) is 35.6 Å². The fourth-order valence-electron chi connectivity index (χ4n) is 3.69. The molecule has 0 saturated heterocycles. The predicted molar refractivity (Wildman–Crippen MR) is 112 cm³/mol. The SMILES string of the molecule is CC[C@@H](CC(=O)N[C@H](C)C(=O)O)NC(=O)OCC1c2ccccc2-c2ccccc21. The molecule has 2 amide bonds. The molecule has 0 fully saturated rings. The molecule has 0 aromatic heterocycles. The van der Waals surface area contributed by atoms with E-state index in [1.54, 1.807) is 0 Å². The lowest BCUT2D eigenvalue weighted by Crippen LogP contribution is -2.43. The van der Waals surface area contributed by atoms with E-state index in [2.05, 4.69) is 22.8 Å². The fraction of sp³-hybridized carbons (Fsp3) is 0.348. The van der Waals surface area contributed by atoms with Gasteiger partial charge in [0.15, 0.2) is 0 Å². The van der Waals surface area contributed by atoms with Crippen molar-refractivity contribution in [1.29, 1.82) is 0 Å². The average molecular weight is 410 g/mol. The number of carboxylic acids is 1. The highest BCUT2D eigenvalue weighted by Gasteiger charge is 2.29. The van der Waals surface area contributed by atoms with Gasteiger partial charge in [-0.15, -0.1) is 0 Å². The summed E-state index contributed by atoms with van der Waals surface area (Å²) in [6.07, 6.45) is -0.0972. The largest absolute Gasteiger partial charge is 0.480 e. The lowest BCUT2D eigenvalue weighted by molar-refractivity contribution is -0.141. The van der Waals surface area contributed by atoms with Crippen molar-refractivity contribution in [3.8, 4) is 11.1 Å². The van der Waals surface area contributed by atoms with Crippen molar-refractivity contribution in [2.75, 3.05) is 6.61 Å². The summed E-state index contributed by atoms with van der Waals surface area (Å²) in [5, 5.41) is 14.0. The number of aliphatic carboxylic acids is 1. The number of benzene rings is 2. The number of ether oxygens (including phenoxy) is 1. The van der Waals surface area contributed by atoms with Gasteiger partial charge in [0.25, 0.3) is 0 Å². The highest BCUT2D eigenvalue weighted by Crippen LogP contribution is 2.44. The van der Waals surface area contributed by atoms with Crippen LogP contribution in [0.15, 0.2) is 48.5 Å². The van der Waals surface area contributed by atoms with E-state index in [0.717, 1.165) is 22.3 Å². The number of rotatable bonds is 8. The minimum Gasteiger partial charge on any atom is -0.480 e. The summed E-state index contributed by atoms with van der Waals surface area (Å²) in [5.41, 5.74) is 4.55. The second-order valence-corrected chi connectivity index (χ2v) is 7.41. The number of hydrogen-bond acceptors (Lipinski definition) is 4. The van der Waals surface area contributed by atoms with Gasteiger partial charge < -0.3 is 20.5 Å². The Labute approximate surface area is 175 Å². The smallest absolute Gasteiger partial charge is 0.407 e. The van der Waals surface area contributed by atoms with E-state index < -0.39 is 30.1 Å². The molecule has 7 nitrogen and oxygen atoms in total. The second kappa shape index (κ2) is 9.43. The van der Waals surface area contributed by atoms with E-state index in [0.29, 0.717) is 6.42 Å². The molecule has 0 spiro atoms. The first-order valence-corrected chi connectivity index (χ1v) is 10.0. The Morgan fingerprint density at radius 1 is 1.00 bits per heavy atom. The molecule has 3 N–H and O–H groups in total. The number of carbonyl (C=O) groups is 3. The molecule has 2 aromatic carbocycles. The van der Waals surface area contributed by atoms with Crippen LogP contribution in [0.2, 0.25) is 0 Å². The Bertz CT molecular complexity index is 897. The Morgan fingerprint density at radius 3 is 2.10 bits per heavy atom. The minimum absolute atomic E-state index is 0.0156. The number of fused-ring (bicyclic) bond motifs is 3. The van der Waals surface area contributed by atoms with Gasteiger partial charge in [0, 0.05) is 18.4 Å². The molecule has 0 saturated carbocycles. The van der Waals surface area contributed by atoms with Crippen LogP contribution in [-0.2, 0) is 14.3 Å². The Kier molecular flexibility index (Phi) is 6.72. The molecule has 1 aliphatic rings. The topological polar surface area (TPSA) is 105 Å². The summed E-state index contributed by atoms with van der Waals surface area (Å²) in [6, 6.07) is 14.7. The Balaban J connectivity index is 1.58. The van der Waals surface area contributed by atoms with Crippen molar-refractivity contribution < 1.29 is 24.2 Å². The van der Waals surface area contributed by atoms with Gasteiger partial charge in [0.1, 0.15) is 12.6 Å². The molecular weight excluding hydrogens is 384 g/mol. The molecule has 158 valence electrons. The molecule has 0 unspecified atom stereocenters. The zero-order valence-corrected chi connectivity index (χ0v) is 17.1. The standard InChI is InChI=1S/C23H26N2O5/c1-3-15(12-21(26)24-14(2)22(27)28)25-23(29)30-13-20-18-10-6-4-8-16(18)17-9-5-7-11-19(17)20/h4-11,14-15,20H,3,12-13H2,1-2H3,(H,24,26)(H,25,29)(H,27,28)/t14-,15+/m1/s1. The molecule has 2 aromatic rings. The van der Waals surface area contributed by atoms with Crippen LogP contribution in [0.25, 0.3) is 11.1 Å². The number of carbonyl (C=O) groups excluding carboxylic acids is 2. The van der Waals surface area contributed by atoms with Crippen LogP contribution in [0.1, 0.15) is 43.7 Å². The summed E-state index contributed by atoms with van der Waals surface area (Å²) < 4.78 is 5.50. The third kappa shape index (κ3) is 4.79. The molecule has 0 radical (unpaired) electrons.